The highest BCUT2D eigenvalue weighted by atomic mass is 19.4. The largest absolute Gasteiger partial charge is 0.490 e. The monoisotopic (exact) mass is 484 g/mol. The zero-order valence-corrected chi connectivity index (χ0v) is 18.7. The van der Waals surface area contributed by atoms with Crippen molar-refractivity contribution in [3.63, 3.8) is 0 Å². The fourth-order valence-corrected chi connectivity index (χ4v) is 7.89. The summed E-state index contributed by atoms with van der Waals surface area (Å²) in [6.07, 6.45) is -5.84. The van der Waals surface area contributed by atoms with E-state index in [1.807, 2.05) is 6.92 Å². The van der Waals surface area contributed by atoms with Crippen LogP contribution in [0.15, 0.2) is 0 Å². The van der Waals surface area contributed by atoms with E-state index in [1.54, 1.807) is 0 Å². The predicted octanol–water partition coefficient (Wildman–Crippen LogP) is 5.98. The van der Waals surface area contributed by atoms with Crippen LogP contribution in [0.2, 0.25) is 0 Å². The van der Waals surface area contributed by atoms with E-state index in [0.717, 1.165) is 19.3 Å². The van der Waals surface area contributed by atoms with Crippen molar-refractivity contribution in [1.29, 1.82) is 0 Å². The number of alkyl halides is 6. The summed E-state index contributed by atoms with van der Waals surface area (Å²) in [5, 5.41) is 0. The number of carbonyl (C=O) groups is 2. The fourth-order valence-electron chi connectivity index (χ4n) is 7.89. The van der Waals surface area contributed by atoms with Crippen LogP contribution in [0, 0.1) is 34.5 Å². The van der Waals surface area contributed by atoms with Gasteiger partial charge < -0.3 is 9.47 Å². The fraction of sp³-hybridized carbons (Fsp3) is 0.913. The molecule has 10 heteroatoms. The Hall–Kier alpha value is -1.48. The first kappa shape index (κ1) is 24.6. The van der Waals surface area contributed by atoms with Gasteiger partial charge in [-0.3, -0.25) is 0 Å². The second-order valence-corrected chi connectivity index (χ2v) is 11.0. The maximum Gasteiger partial charge on any atom is 0.490 e. The third kappa shape index (κ3) is 4.24. The molecule has 0 radical (unpaired) electrons. The molecule has 0 bridgehead atoms. The van der Waals surface area contributed by atoms with Crippen molar-refractivity contribution in [1.82, 2.24) is 0 Å². The topological polar surface area (TPSA) is 52.6 Å². The van der Waals surface area contributed by atoms with Crippen molar-refractivity contribution in [3.8, 4) is 0 Å². The van der Waals surface area contributed by atoms with E-state index in [1.165, 1.54) is 0 Å². The molecule has 188 valence electrons. The molecule has 0 aliphatic heterocycles. The Balaban J connectivity index is 1.45. The van der Waals surface area contributed by atoms with Crippen LogP contribution in [0.5, 0.6) is 0 Å². The summed E-state index contributed by atoms with van der Waals surface area (Å²) >= 11 is 0. The second-order valence-electron chi connectivity index (χ2n) is 11.0. The highest BCUT2D eigenvalue weighted by Crippen LogP contribution is 2.66. The highest BCUT2D eigenvalue weighted by molar-refractivity contribution is 5.76. The van der Waals surface area contributed by atoms with Gasteiger partial charge in [-0.15, -0.1) is 0 Å². The van der Waals surface area contributed by atoms with Gasteiger partial charge in [0.15, 0.2) is 0 Å². The quantitative estimate of drug-likeness (QED) is 0.358. The smallest absolute Gasteiger partial charge is 0.456 e. The molecular formula is C23H30F6O4. The van der Waals surface area contributed by atoms with Gasteiger partial charge in [0.1, 0.15) is 12.2 Å². The Morgan fingerprint density at radius 2 is 1.30 bits per heavy atom. The predicted molar refractivity (Wildman–Crippen MR) is 104 cm³/mol. The Morgan fingerprint density at radius 3 is 1.94 bits per heavy atom. The number of carbonyl (C=O) groups excluding carboxylic acids is 2. The van der Waals surface area contributed by atoms with Crippen LogP contribution < -0.4 is 0 Å². The summed E-state index contributed by atoms with van der Waals surface area (Å²) in [5.74, 6) is -3.37. The molecule has 0 N–H and O–H groups in total. The van der Waals surface area contributed by atoms with Crippen molar-refractivity contribution >= 4 is 11.9 Å². The van der Waals surface area contributed by atoms with Crippen molar-refractivity contribution in [2.75, 3.05) is 0 Å². The maximum absolute atomic E-state index is 12.8. The molecule has 3 unspecified atom stereocenters. The minimum atomic E-state index is -5.01. The van der Waals surface area contributed by atoms with Crippen LogP contribution in [0.1, 0.15) is 71.6 Å². The van der Waals surface area contributed by atoms with Gasteiger partial charge in [-0.1, -0.05) is 13.8 Å². The summed E-state index contributed by atoms with van der Waals surface area (Å²) in [6.45, 7) is 4.12. The van der Waals surface area contributed by atoms with Crippen LogP contribution in [0.3, 0.4) is 0 Å². The van der Waals surface area contributed by atoms with Crippen molar-refractivity contribution in [3.05, 3.63) is 0 Å². The summed E-state index contributed by atoms with van der Waals surface area (Å²) in [6, 6.07) is 0. The molecule has 33 heavy (non-hydrogen) atoms. The van der Waals surface area contributed by atoms with Crippen LogP contribution >= 0.6 is 0 Å². The second kappa shape index (κ2) is 8.04. The molecular weight excluding hydrogens is 454 g/mol. The van der Waals surface area contributed by atoms with E-state index in [9.17, 15) is 35.9 Å². The van der Waals surface area contributed by atoms with Crippen LogP contribution in [-0.2, 0) is 19.1 Å². The average molecular weight is 484 g/mol. The van der Waals surface area contributed by atoms with E-state index >= 15 is 0 Å². The molecule has 0 amide bonds. The molecule has 4 saturated carbocycles. The molecule has 4 nitrogen and oxygen atoms in total. The van der Waals surface area contributed by atoms with Crippen LogP contribution in [0.25, 0.3) is 0 Å². The zero-order chi connectivity index (χ0) is 24.4. The van der Waals surface area contributed by atoms with E-state index in [-0.39, 0.29) is 23.2 Å². The first-order chi connectivity index (χ1) is 15.2. The Bertz CT molecular complexity index is 795. The standard InChI is InChI=1S/C23H30F6O4/c1-20-9-7-13(32-18(30)22(24,25)26)11-12(20)3-4-14-15-5-6-17(33-19(31)23(27,28)29)21(15,2)10-8-16(14)20/h12-17H,3-11H2,1-2H3/t12-,13+,14?,15?,16?,17-,20-,21-/m0/s1. The Morgan fingerprint density at radius 1 is 0.727 bits per heavy atom. The SMILES string of the molecule is C[C@]12CCC3C(CC[C@H]4C[C@H](OC(=O)C(F)(F)F)CC[C@]34C)C1CC[C@@H]2OC(=O)C(F)(F)F. The van der Waals surface area contributed by atoms with Crippen molar-refractivity contribution < 1.29 is 45.4 Å². The zero-order valence-electron chi connectivity index (χ0n) is 18.7. The lowest BCUT2D eigenvalue weighted by molar-refractivity contribution is -0.215. The molecule has 0 aromatic carbocycles. The van der Waals surface area contributed by atoms with Gasteiger partial charge in [0, 0.05) is 5.41 Å². The highest BCUT2D eigenvalue weighted by Gasteiger charge is 2.62. The van der Waals surface area contributed by atoms with Gasteiger partial charge in [0.05, 0.1) is 0 Å². The van der Waals surface area contributed by atoms with Gasteiger partial charge in [0.2, 0.25) is 0 Å². The first-order valence-corrected chi connectivity index (χ1v) is 11.7. The Labute approximate surface area is 188 Å². The summed E-state index contributed by atoms with van der Waals surface area (Å²) in [5.41, 5.74) is -0.600. The molecule has 4 aliphatic rings. The summed E-state index contributed by atoms with van der Waals surface area (Å²) < 4.78 is 85.8. The average Bonchev–Trinajstić information content (AvgIpc) is 3.03. The van der Waals surface area contributed by atoms with E-state index < -0.39 is 41.9 Å². The molecule has 0 saturated heterocycles. The van der Waals surface area contributed by atoms with Crippen molar-refractivity contribution in [2.24, 2.45) is 34.5 Å². The molecule has 0 aromatic heterocycles. The number of fused-ring (bicyclic) bond motifs is 5. The van der Waals surface area contributed by atoms with Crippen molar-refractivity contribution in [2.45, 2.75) is 96.2 Å². The van der Waals surface area contributed by atoms with Gasteiger partial charge in [0.25, 0.3) is 0 Å². The molecule has 0 heterocycles. The third-order valence-corrected chi connectivity index (χ3v) is 9.52. The van der Waals surface area contributed by atoms with E-state index in [2.05, 4.69) is 6.92 Å². The maximum atomic E-state index is 12.8. The van der Waals surface area contributed by atoms with Crippen LogP contribution in [-0.4, -0.2) is 36.5 Å². The van der Waals surface area contributed by atoms with E-state index in [0.29, 0.717) is 44.4 Å². The van der Waals surface area contributed by atoms with E-state index in [4.69, 9.17) is 9.47 Å². The lowest BCUT2D eigenvalue weighted by atomic mass is 9.45. The number of hydrogen-bond acceptors (Lipinski definition) is 4. The minimum absolute atomic E-state index is 0.105. The first-order valence-electron chi connectivity index (χ1n) is 11.7. The Kier molecular flexibility index (Phi) is 6.00. The van der Waals surface area contributed by atoms with Gasteiger partial charge in [-0.25, -0.2) is 9.59 Å². The molecule has 4 fully saturated rings. The number of halogens is 6. The number of ether oxygens (including phenoxy) is 2. The molecule has 4 rings (SSSR count). The van der Waals surface area contributed by atoms with Crippen LogP contribution in [0.4, 0.5) is 26.3 Å². The van der Waals surface area contributed by atoms with Gasteiger partial charge >= 0.3 is 24.3 Å². The lowest BCUT2D eigenvalue weighted by Crippen LogP contribution is -2.55. The normalized spacial score (nSPS) is 43.2. The number of hydrogen-bond donors (Lipinski definition) is 0. The summed E-state index contributed by atoms with van der Waals surface area (Å²) in [4.78, 5) is 22.8. The number of rotatable bonds is 2. The lowest BCUT2D eigenvalue weighted by Gasteiger charge is -2.60. The number of esters is 2. The molecule has 4 aliphatic carbocycles. The van der Waals surface area contributed by atoms with Gasteiger partial charge in [-0.2, -0.15) is 26.3 Å². The molecule has 0 aromatic rings. The molecule has 8 atom stereocenters. The summed E-state index contributed by atoms with van der Waals surface area (Å²) in [7, 11) is 0. The minimum Gasteiger partial charge on any atom is -0.456 e. The van der Waals surface area contributed by atoms with Gasteiger partial charge in [-0.05, 0) is 86.9 Å². The third-order valence-electron chi connectivity index (χ3n) is 9.52. The molecule has 0 spiro atoms.